The molecule has 2 aromatic carbocycles. The minimum absolute atomic E-state index is 0.0164. The average molecular weight is 465 g/mol. The van der Waals surface area contributed by atoms with Crippen LogP contribution in [0.3, 0.4) is 0 Å². The molecule has 1 heterocycles. The summed E-state index contributed by atoms with van der Waals surface area (Å²) >= 11 is 0. The number of halogens is 1. The van der Waals surface area contributed by atoms with Gasteiger partial charge in [-0.2, -0.15) is 0 Å². The fourth-order valence-corrected chi connectivity index (χ4v) is 3.94. The molecule has 2 amide bonds. The molecule has 4 rings (SSSR count). The molecule has 0 spiro atoms. The zero-order chi connectivity index (χ0) is 24.1. The first-order valence-electron chi connectivity index (χ1n) is 11.8. The molecule has 1 aliphatic rings. The predicted molar refractivity (Wildman–Crippen MR) is 127 cm³/mol. The Morgan fingerprint density at radius 3 is 2.47 bits per heavy atom. The van der Waals surface area contributed by atoms with Gasteiger partial charge in [-0.05, 0) is 49.1 Å². The van der Waals surface area contributed by atoms with E-state index in [0.717, 1.165) is 31.2 Å². The van der Waals surface area contributed by atoms with E-state index in [1.165, 1.54) is 23.3 Å². The summed E-state index contributed by atoms with van der Waals surface area (Å²) in [6, 6.07) is 12.9. The van der Waals surface area contributed by atoms with E-state index in [1.54, 1.807) is 41.3 Å². The second-order valence-electron chi connectivity index (χ2n) is 8.85. The first kappa shape index (κ1) is 23.7. The largest absolute Gasteiger partial charge is 0.464 e. The predicted octanol–water partition coefficient (Wildman–Crippen LogP) is 4.50. The van der Waals surface area contributed by atoms with Crippen LogP contribution in [0.25, 0.3) is 11.0 Å². The number of hydrogen-bond acceptors (Lipinski definition) is 4. The van der Waals surface area contributed by atoms with E-state index in [9.17, 15) is 18.8 Å². The zero-order valence-electron chi connectivity index (χ0n) is 19.3. The highest BCUT2D eigenvalue weighted by atomic mass is 19.1. The van der Waals surface area contributed by atoms with Gasteiger partial charge < -0.3 is 14.2 Å². The molecule has 1 aromatic heterocycles. The highest BCUT2D eigenvalue weighted by Gasteiger charge is 2.34. The van der Waals surface area contributed by atoms with E-state index >= 15 is 0 Å². The lowest BCUT2D eigenvalue weighted by Crippen LogP contribution is -2.43. The quantitative estimate of drug-likeness (QED) is 0.443. The van der Waals surface area contributed by atoms with Crippen molar-refractivity contribution in [2.24, 2.45) is 5.92 Å². The standard InChI is InChI=1S/C27H29FN2O4/c1-2-3-14-29(27(33)20-10-11-20)17-25(31)30(15-19-8-12-22(28)13-9-19)16-21-18-34-24-7-5-4-6-23(24)26(21)32/h4-9,12-13,18,20H,2-3,10-11,14-17H2,1H3. The van der Waals surface area contributed by atoms with E-state index in [4.69, 9.17) is 4.42 Å². The van der Waals surface area contributed by atoms with Crippen LogP contribution in [-0.4, -0.2) is 34.7 Å². The third-order valence-corrected chi connectivity index (χ3v) is 6.10. The van der Waals surface area contributed by atoms with Crippen LogP contribution in [-0.2, 0) is 22.7 Å². The highest BCUT2D eigenvalue weighted by molar-refractivity contribution is 5.87. The van der Waals surface area contributed by atoms with Gasteiger partial charge in [-0.1, -0.05) is 37.6 Å². The fraction of sp³-hybridized carbons (Fsp3) is 0.370. The summed E-state index contributed by atoms with van der Waals surface area (Å²) in [4.78, 5) is 42.4. The minimum Gasteiger partial charge on any atom is -0.464 e. The topological polar surface area (TPSA) is 70.8 Å². The van der Waals surface area contributed by atoms with Crippen LogP contribution < -0.4 is 5.43 Å². The third kappa shape index (κ3) is 5.71. The summed E-state index contributed by atoms with van der Waals surface area (Å²) in [6.45, 7) is 2.74. The van der Waals surface area contributed by atoms with Crippen molar-refractivity contribution in [3.8, 4) is 0 Å². The molecule has 0 unspecified atom stereocenters. The molecule has 178 valence electrons. The molecular formula is C27H29FN2O4. The molecule has 0 radical (unpaired) electrons. The molecule has 0 atom stereocenters. The van der Waals surface area contributed by atoms with Crippen LogP contribution in [0.1, 0.15) is 43.7 Å². The second kappa shape index (κ2) is 10.6. The molecule has 34 heavy (non-hydrogen) atoms. The Kier molecular flexibility index (Phi) is 7.40. The lowest BCUT2D eigenvalue weighted by Gasteiger charge is -2.28. The first-order chi connectivity index (χ1) is 16.5. The normalized spacial score (nSPS) is 13.1. The highest BCUT2D eigenvalue weighted by Crippen LogP contribution is 2.31. The molecule has 7 heteroatoms. The van der Waals surface area contributed by atoms with Crippen molar-refractivity contribution >= 4 is 22.8 Å². The average Bonchev–Trinajstić information content (AvgIpc) is 3.69. The van der Waals surface area contributed by atoms with E-state index in [1.807, 2.05) is 6.92 Å². The second-order valence-corrected chi connectivity index (χ2v) is 8.85. The smallest absolute Gasteiger partial charge is 0.242 e. The van der Waals surface area contributed by atoms with E-state index in [0.29, 0.717) is 23.1 Å². The summed E-state index contributed by atoms with van der Waals surface area (Å²) in [5.74, 6) is -0.587. The van der Waals surface area contributed by atoms with Gasteiger partial charge in [0.2, 0.25) is 11.8 Å². The lowest BCUT2D eigenvalue weighted by molar-refractivity contribution is -0.142. The number of amides is 2. The Morgan fingerprint density at radius 1 is 1.03 bits per heavy atom. The van der Waals surface area contributed by atoms with Gasteiger partial charge in [-0.3, -0.25) is 14.4 Å². The van der Waals surface area contributed by atoms with Crippen molar-refractivity contribution in [1.82, 2.24) is 9.80 Å². The third-order valence-electron chi connectivity index (χ3n) is 6.10. The Labute approximate surface area is 198 Å². The monoisotopic (exact) mass is 464 g/mol. The summed E-state index contributed by atoms with van der Waals surface area (Å²) in [5, 5.41) is 0.447. The maximum Gasteiger partial charge on any atom is 0.242 e. The number of para-hydroxylation sites is 1. The molecular weight excluding hydrogens is 435 g/mol. The number of nitrogens with zero attached hydrogens (tertiary/aromatic N) is 2. The van der Waals surface area contributed by atoms with Crippen LogP contribution in [0.5, 0.6) is 0 Å². The van der Waals surface area contributed by atoms with E-state index < -0.39 is 0 Å². The molecule has 1 fully saturated rings. The van der Waals surface area contributed by atoms with Crippen LogP contribution in [0.2, 0.25) is 0 Å². The molecule has 1 saturated carbocycles. The Hall–Kier alpha value is -3.48. The summed E-state index contributed by atoms with van der Waals surface area (Å²) in [6.07, 6.45) is 4.86. The van der Waals surface area contributed by atoms with Gasteiger partial charge in [-0.25, -0.2) is 4.39 Å². The van der Waals surface area contributed by atoms with E-state index in [-0.39, 0.29) is 48.6 Å². The Bertz CT molecular complexity index is 1220. The summed E-state index contributed by atoms with van der Waals surface area (Å²) in [5.41, 5.74) is 1.36. The summed E-state index contributed by atoms with van der Waals surface area (Å²) in [7, 11) is 0. The molecule has 0 bridgehead atoms. The number of fused-ring (bicyclic) bond motifs is 1. The van der Waals surface area contributed by atoms with E-state index in [2.05, 4.69) is 0 Å². The van der Waals surface area contributed by atoms with Crippen molar-refractivity contribution in [3.05, 3.63) is 82.0 Å². The van der Waals surface area contributed by atoms with Crippen LogP contribution in [0, 0.1) is 11.7 Å². The molecule has 1 aliphatic carbocycles. The van der Waals surface area contributed by atoms with Crippen molar-refractivity contribution in [2.45, 2.75) is 45.7 Å². The Morgan fingerprint density at radius 2 is 1.76 bits per heavy atom. The van der Waals surface area contributed by atoms with Crippen molar-refractivity contribution in [2.75, 3.05) is 13.1 Å². The zero-order valence-corrected chi connectivity index (χ0v) is 19.3. The fourth-order valence-electron chi connectivity index (χ4n) is 3.94. The van der Waals surface area contributed by atoms with Crippen LogP contribution in [0.4, 0.5) is 4.39 Å². The van der Waals surface area contributed by atoms with Gasteiger partial charge in [0.25, 0.3) is 0 Å². The molecule has 6 nitrogen and oxygen atoms in total. The van der Waals surface area contributed by atoms with Crippen molar-refractivity contribution in [1.29, 1.82) is 0 Å². The van der Waals surface area contributed by atoms with Gasteiger partial charge in [-0.15, -0.1) is 0 Å². The lowest BCUT2D eigenvalue weighted by atomic mass is 10.1. The van der Waals surface area contributed by atoms with Gasteiger partial charge in [0, 0.05) is 19.0 Å². The number of hydrogen-bond donors (Lipinski definition) is 0. The summed E-state index contributed by atoms with van der Waals surface area (Å²) < 4.78 is 19.0. The number of rotatable bonds is 10. The molecule has 0 saturated heterocycles. The molecule has 0 N–H and O–H groups in total. The number of benzene rings is 2. The van der Waals surface area contributed by atoms with Crippen LogP contribution >= 0.6 is 0 Å². The van der Waals surface area contributed by atoms with Gasteiger partial charge in [0.05, 0.1) is 30.3 Å². The van der Waals surface area contributed by atoms with Crippen LogP contribution in [0.15, 0.2) is 64.0 Å². The Balaban J connectivity index is 1.59. The molecule has 3 aromatic rings. The van der Waals surface area contributed by atoms with Gasteiger partial charge >= 0.3 is 0 Å². The maximum atomic E-state index is 13.4. The maximum absolute atomic E-state index is 13.4. The number of unbranched alkanes of at least 4 members (excludes halogenated alkanes) is 1. The molecule has 0 aliphatic heterocycles. The van der Waals surface area contributed by atoms with Crippen molar-refractivity contribution in [3.63, 3.8) is 0 Å². The SMILES string of the molecule is CCCCN(CC(=O)N(Cc1ccc(F)cc1)Cc1coc2ccccc2c1=O)C(=O)C1CC1. The van der Waals surface area contributed by atoms with Gasteiger partial charge in [0.1, 0.15) is 11.4 Å². The number of carbonyl (C=O) groups is 2. The first-order valence-corrected chi connectivity index (χ1v) is 11.8. The van der Waals surface area contributed by atoms with Gasteiger partial charge in [0.15, 0.2) is 5.43 Å². The minimum atomic E-state index is -0.363. The van der Waals surface area contributed by atoms with Crippen molar-refractivity contribution < 1.29 is 18.4 Å². The number of carbonyl (C=O) groups excluding carboxylic acids is 2.